The number of aliphatic hydroxyl groups excluding tert-OH is 1. The van der Waals surface area contributed by atoms with Gasteiger partial charge in [0.15, 0.2) is 0 Å². The highest BCUT2D eigenvalue weighted by molar-refractivity contribution is 5.98. The zero-order valence-corrected chi connectivity index (χ0v) is 45.4. The largest absolute Gasteiger partial charge is 0.508 e. The van der Waals surface area contributed by atoms with Crippen LogP contribution in [-0.4, -0.2) is 143 Å². The minimum Gasteiger partial charge on any atom is -0.508 e. The van der Waals surface area contributed by atoms with Gasteiger partial charge in [-0.15, -0.1) is 0 Å². The molecule has 0 aromatic heterocycles. The molecule has 0 bridgehead atoms. The maximum Gasteiger partial charge on any atom is 0.407 e. The molecule has 25 heteroatoms. The molecule has 438 valence electrons. The van der Waals surface area contributed by atoms with Crippen LogP contribution < -0.4 is 48.7 Å². The summed E-state index contributed by atoms with van der Waals surface area (Å²) in [6.07, 6.45) is -4.07. The fourth-order valence-corrected chi connectivity index (χ4v) is 9.04. The summed E-state index contributed by atoms with van der Waals surface area (Å²) in [6, 6.07) is 17.7. The third-order valence-corrected chi connectivity index (χ3v) is 13.2. The maximum atomic E-state index is 14.6. The number of nitrogens with one attached hydrogen (secondary N) is 7. The first-order valence-corrected chi connectivity index (χ1v) is 26.3. The zero-order valence-electron chi connectivity index (χ0n) is 45.4. The Labute approximate surface area is 472 Å². The lowest BCUT2D eigenvalue weighted by Gasteiger charge is -2.28. The average Bonchev–Trinajstić information content (AvgIpc) is 4.05. The number of esters is 1. The van der Waals surface area contributed by atoms with Crippen molar-refractivity contribution in [3.8, 4) is 16.9 Å². The van der Waals surface area contributed by atoms with Crippen LogP contribution in [0.15, 0.2) is 103 Å². The first-order valence-electron chi connectivity index (χ1n) is 26.3. The Morgan fingerprint density at radius 1 is 0.524 bits per heavy atom. The van der Waals surface area contributed by atoms with E-state index >= 15 is 0 Å². The molecule has 0 saturated carbocycles. The van der Waals surface area contributed by atoms with Crippen LogP contribution in [0.2, 0.25) is 0 Å². The molecule has 14 N–H and O–H groups in total. The van der Waals surface area contributed by atoms with Crippen molar-refractivity contribution in [1.29, 1.82) is 0 Å². The molecular weight excluding hydrogens is 1070 g/mol. The van der Waals surface area contributed by atoms with E-state index in [9.17, 15) is 68.1 Å². The van der Waals surface area contributed by atoms with Gasteiger partial charge in [0.25, 0.3) is 0 Å². The molecule has 82 heavy (non-hydrogen) atoms. The van der Waals surface area contributed by atoms with Crippen LogP contribution in [0.1, 0.15) is 80.5 Å². The van der Waals surface area contributed by atoms with Gasteiger partial charge < -0.3 is 73.5 Å². The molecule has 9 amide bonds. The molecule has 4 aromatic carbocycles. The van der Waals surface area contributed by atoms with Crippen LogP contribution in [0.3, 0.4) is 0 Å². The number of aliphatic hydroxyl groups is 1. The summed E-state index contributed by atoms with van der Waals surface area (Å²) in [4.78, 5) is 147. The van der Waals surface area contributed by atoms with Gasteiger partial charge in [-0.25, -0.2) is 9.59 Å². The van der Waals surface area contributed by atoms with E-state index in [1.165, 1.54) is 24.3 Å². The highest BCUT2D eigenvalue weighted by Gasteiger charge is 2.36. The summed E-state index contributed by atoms with van der Waals surface area (Å²) in [7, 11) is 1.12. The van der Waals surface area contributed by atoms with E-state index in [1.54, 1.807) is 44.2 Å². The van der Waals surface area contributed by atoms with Gasteiger partial charge in [-0.2, -0.15) is 0 Å². The maximum absolute atomic E-state index is 14.6. The van der Waals surface area contributed by atoms with Gasteiger partial charge in [0.2, 0.25) is 47.3 Å². The van der Waals surface area contributed by atoms with Crippen LogP contribution in [-0.2, 0) is 70.3 Å². The van der Waals surface area contributed by atoms with Crippen molar-refractivity contribution in [3.63, 3.8) is 0 Å². The number of nitrogens with two attached hydrogens (primary N) is 2. The Morgan fingerprint density at radius 2 is 0.963 bits per heavy atom. The minimum atomic E-state index is -1.79. The Morgan fingerprint density at radius 3 is 1.48 bits per heavy atom. The molecule has 4 aromatic rings. The number of phenolic OH excluding ortho intramolecular Hbond substituents is 1. The van der Waals surface area contributed by atoms with Gasteiger partial charge in [0.1, 0.15) is 54.6 Å². The van der Waals surface area contributed by atoms with Gasteiger partial charge in [-0.3, -0.25) is 43.2 Å². The van der Waals surface area contributed by atoms with Crippen molar-refractivity contribution in [1.82, 2.24) is 37.2 Å². The number of carboxylic acids is 1. The summed E-state index contributed by atoms with van der Waals surface area (Å²) in [5, 5.41) is 46.2. The van der Waals surface area contributed by atoms with E-state index in [4.69, 9.17) is 20.9 Å². The normalized spacial score (nSPS) is 14.1. The van der Waals surface area contributed by atoms with E-state index < -0.39 is 133 Å². The number of aliphatic carboxylic acids is 1. The highest BCUT2D eigenvalue weighted by Crippen LogP contribution is 2.44. The smallest absolute Gasteiger partial charge is 0.407 e. The first-order chi connectivity index (χ1) is 39.1. The Hall–Kier alpha value is -9.39. The van der Waals surface area contributed by atoms with Gasteiger partial charge in [0, 0.05) is 31.6 Å². The second-order valence-corrected chi connectivity index (χ2v) is 19.9. The number of rotatable bonds is 31. The molecule has 7 atom stereocenters. The number of fused-ring (bicyclic) bond motifs is 3. The van der Waals surface area contributed by atoms with Gasteiger partial charge in [-0.05, 0) is 70.7 Å². The van der Waals surface area contributed by atoms with E-state index in [0.29, 0.717) is 11.1 Å². The Bertz CT molecular complexity index is 2900. The second kappa shape index (κ2) is 30.8. The average molecular weight is 1140 g/mol. The van der Waals surface area contributed by atoms with Gasteiger partial charge >= 0.3 is 18.0 Å². The van der Waals surface area contributed by atoms with E-state index in [1.807, 2.05) is 48.5 Å². The van der Waals surface area contributed by atoms with Crippen molar-refractivity contribution >= 4 is 65.3 Å². The van der Waals surface area contributed by atoms with Gasteiger partial charge in [-0.1, -0.05) is 105 Å². The summed E-state index contributed by atoms with van der Waals surface area (Å²) in [6.45, 7) is 2.27. The Kier molecular flexibility index (Phi) is 23.9. The molecule has 0 radical (unpaired) electrons. The molecule has 0 spiro atoms. The van der Waals surface area contributed by atoms with Gasteiger partial charge in [0.05, 0.1) is 20.1 Å². The van der Waals surface area contributed by atoms with Crippen molar-refractivity contribution < 1.29 is 77.5 Å². The van der Waals surface area contributed by atoms with Crippen molar-refractivity contribution in [2.45, 2.75) is 113 Å². The fourth-order valence-electron chi connectivity index (χ4n) is 9.04. The molecule has 0 saturated heterocycles. The number of aromatic hydroxyl groups is 1. The number of hydrogen-bond acceptors (Lipinski definition) is 15. The van der Waals surface area contributed by atoms with E-state index in [2.05, 4.69) is 37.2 Å². The second-order valence-electron chi connectivity index (χ2n) is 19.9. The number of amides is 9. The topological polar surface area (TPSA) is 403 Å². The third-order valence-electron chi connectivity index (χ3n) is 13.2. The zero-order chi connectivity index (χ0) is 60.0. The number of phenols is 1. The number of alkyl carbamates (subject to hydrolysis) is 1. The summed E-state index contributed by atoms with van der Waals surface area (Å²) in [5.41, 5.74) is 15.6. The predicted molar refractivity (Wildman–Crippen MR) is 293 cm³/mol. The molecule has 1 aliphatic carbocycles. The summed E-state index contributed by atoms with van der Waals surface area (Å²) in [5.74, 6) is -11.2. The Balaban J connectivity index is 1.37. The lowest BCUT2D eigenvalue weighted by atomic mass is 9.98. The molecule has 0 aliphatic heterocycles. The number of carboxylic acid groups (broad SMARTS) is 1. The standard InChI is InChI=1S/C57H69N9O16/c1-31(2)25-42(61-55(77)45(28-48(59)70)64-51(73)41(22-24-49(71)81-3)66-57(80)82-30-39-37-15-9-7-13-35(37)36-14-8-10-16-38(36)39)52(74)62-44(27-33-17-19-34(68)20-18-33)54(76)63-43(26-32-11-5-4-6-12-32)53(75)60-40(21-23-47(58)69)50(72)65-46(29-67)56(78)79/h4-20,31,39-46,67-68H,21-30H2,1-3H3,(H2,58,69)(H2,59,70)(H,60,75)(H,61,77)(H,62,74)(H,63,76)(H,64,73)(H,65,72)(H,66,80)(H,78,79)/t40-,41-,42-,43-,44-,45-,46-/m0/s1. The molecule has 0 heterocycles. The summed E-state index contributed by atoms with van der Waals surface area (Å²) >= 11 is 0. The number of methoxy groups -OCH3 is 1. The van der Waals surface area contributed by atoms with Crippen LogP contribution in [0.4, 0.5) is 4.79 Å². The van der Waals surface area contributed by atoms with Crippen molar-refractivity contribution in [2.24, 2.45) is 17.4 Å². The van der Waals surface area contributed by atoms with Crippen molar-refractivity contribution in [2.75, 3.05) is 20.3 Å². The first kappa shape index (κ1) is 63.4. The number of primary amides is 2. The lowest BCUT2D eigenvalue weighted by Crippen LogP contribution is -2.61. The van der Waals surface area contributed by atoms with E-state index in [-0.39, 0.29) is 56.3 Å². The number of hydrogen-bond donors (Lipinski definition) is 12. The molecule has 5 rings (SSSR count). The predicted octanol–water partition coefficient (Wildman–Crippen LogP) is 0.211. The molecular formula is C57H69N9O16. The lowest BCUT2D eigenvalue weighted by molar-refractivity contribution is -0.143. The fraction of sp³-hybridized carbons (Fsp3) is 0.386. The molecule has 1 aliphatic rings. The molecule has 0 unspecified atom stereocenters. The van der Waals surface area contributed by atoms with Crippen molar-refractivity contribution in [3.05, 3.63) is 125 Å². The number of ether oxygens (including phenoxy) is 2. The van der Waals surface area contributed by atoms with Crippen LogP contribution >= 0.6 is 0 Å². The summed E-state index contributed by atoms with van der Waals surface area (Å²) < 4.78 is 10.4. The van der Waals surface area contributed by atoms with E-state index in [0.717, 1.165) is 29.4 Å². The van der Waals surface area contributed by atoms with Crippen LogP contribution in [0, 0.1) is 5.92 Å². The van der Waals surface area contributed by atoms with Crippen LogP contribution in [0.5, 0.6) is 5.75 Å². The molecule has 0 fully saturated rings. The monoisotopic (exact) mass is 1140 g/mol. The third kappa shape index (κ3) is 19.2. The van der Waals surface area contributed by atoms with Crippen LogP contribution in [0.25, 0.3) is 11.1 Å². The SMILES string of the molecule is COC(=O)CC[C@H](NC(=O)OCC1c2ccccc2-c2ccccc21)C(=O)N[C@@H](CC(N)=O)C(=O)N[C@@H](CC(C)C)C(=O)N[C@@H](Cc1ccc(O)cc1)C(=O)N[C@@H](Cc1ccccc1)C(=O)N[C@@H](CCC(N)=O)C(=O)N[C@@H](CO)C(=O)O. The quantitative estimate of drug-likeness (QED) is 0.0300. The minimum absolute atomic E-state index is 0.0970. The number of carbonyl (C=O) groups excluding carboxylic acids is 10. The number of carbonyl (C=O) groups is 11. The molecule has 25 nitrogen and oxygen atoms in total. The highest BCUT2D eigenvalue weighted by atomic mass is 16.5. The number of benzene rings is 4.